The van der Waals surface area contributed by atoms with E-state index in [0.717, 1.165) is 17.9 Å². The van der Waals surface area contributed by atoms with Crippen molar-refractivity contribution in [2.75, 3.05) is 18.2 Å². The van der Waals surface area contributed by atoms with Crippen LogP contribution in [-0.4, -0.2) is 34.7 Å². The van der Waals surface area contributed by atoms with Crippen LogP contribution in [0, 0.1) is 0 Å². The van der Waals surface area contributed by atoms with E-state index in [-0.39, 0.29) is 5.25 Å². The second kappa shape index (κ2) is 5.74. The third kappa shape index (κ3) is 2.66. The lowest BCUT2D eigenvalue weighted by Gasteiger charge is -2.40. The van der Waals surface area contributed by atoms with Crippen LogP contribution in [0.15, 0.2) is 24.3 Å². The van der Waals surface area contributed by atoms with Crippen LogP contribution < -0.4 is 10.1 Å². The van der Waals surface area contributed by atoms with Crippen molar-refractivity contribution in [1.29, 1.82) is 0 Å². The summed E-state index contributed by atoms with van der Waals surface area (Å²) in [6.45, 7) is 1.97. The highest BCUT2D eigenvalue weighted by Crippen LogP contribution is 2.38. The summed E-state index contributed by atoms with van der Waals surface area (Å²) in [5.74, 6) is 0.896. The number of carboxylic acids is 1. The van der Waals surface area contributed by atoms with E-state index in [1.54, 1.807) is 18.9 Å². The quantitative estimate of drug-likeness (QED) is 0.888. The fourth-order valence-electron chi connectivity index (χ4n) is 2.44. The van der Waals surface area contributed by atoms with Crippen molar-refractivity contribution in [2.24, 2.45) is 0 Å². The summed E-state index contributed by atoms with van der Waals surface area (Å²) in [6.07, 6.45) is 1.54. The van der Waals surface area contributed by atoms with Gasteiger partial charge in [0.15, 0.2) is 0 Å². The fourth-order valence-corrected chi connectivity index (χ4v) is 3.67. The summed E-state index contributed by atoms with van der Waals surface area (Å²) in [5.41, 5.74) is -0.181. The summed E-state index contributed by atoms with van der Waals surface area (Å²) in [6, 6.07) is 7.44. The molecular formula is C14H19NO3S. The molecule has 1 aromatic carbocycles. The number of carbonyl (C=O) groups is 1. The molecule has 2 unspecified atom stereocenters. The molecule has 0 aromatic heterocycles. The number of carboxylic acid groups (broad SMARTS) is 1. The van der Waals surface area contributed by atoms with Gasteiger partial charge in [0.1, 0.15) is 11.3 Å². The monoisotopic (exact) mass is 281 g/mol. The minimum absolute atomic E-state index is 0.0173. The molecule has 0 aliphatic carbocycles. The second-order valence-corrected chi connectivity index (χ2v) is 6.17. The molecule has 5 heteroatoms. The Bertz CT molecular complexity index is 466. The van der Waals surface area contributed by atoms with Gasteiger partial charge in [0.2, 0.25) is 0 Å². The number of ether oxygens (including phenoxy) is 1. The minimum Gasteiger partial charge on any atom is -0.495 e. The summed E-state index contributed by atoms with van der Waals surface area (Å²) < 4.78 is 5.28. The predicted octanol–water partition coefficient (Wildman–Crippen LogP) is 2.85. The van der Waals surface area contributed by atoms with Crippen molar-refractivity contribution in [3.05, 3.63) is 24.3 Å². The Morgan fingerprint density at radius 3 is 2.89 bits per heavy atom. The van der Waals surface area contributed by atoms with Gasteiger partial charge in [0.05, 0.1) is 12.8 Å². The number of benzene rings is 1. The second-order valence-electron chi connectivity index (χ2n) is 4.72. The first-order valence-electron chi connectivity index (χ1n) is 6.36. The van der Waals surface area contributed by atoms with Crippen LogP contribution >= 0.6 is 11.8 Å². The van der Waals surface area contributed by atoms with Gasteiger partial charge in [-0.25, -0.2) is 4.79 Å². The number of hydrogen-bond acceptors (Lipinski definition) is 4. The minimum atomic E-state index is -0.919. The molecule has 1 aliphatic heterocycles. The van der Waals surface area contributed by atoms with Gasteiger partial charge in [0, 0.05) is 5.25 Å². The van der Waals surface area contributed by atoms with Crippen LogP contribution in [0.3, 0.4) is 0 Å². The Balaban J connectivity index is 2.33. The number of anilines is 1. The lowest BCUT2D eigenvalue weighted by molar-refractivity contribution is -0.142. The molecule has 0 saturated carbocycles. The van der Waals surface area contributed by atoms with Crippen molar-refractivity contribution in [3.8, 4) is 5.75 Å². The summed E-state index contributed by atoms with van der Waals surface area (Å²) >= 11 is 1.70. The maximum absolute atomic E-state index is 11.8. The van der Waals surface area contributed by atoms with E-state index in [1.165, 1.54) is 0 Å². The summed E-state index contributed by atoms with van der Waals surface area (Å²) in [7, 11) is 1.59. The highest BCUT2D eigenvalue weighted by molar-refractivity contribution is 8.00. The zero-order chi connectivity index (χ0) is 13.9. The maximum Gasteiger partial charge on any atom is 0.330 e. The van der Waals surface area contributed by atoms with E-state index in [1.807, 2.05) is 31.2 Å². The number of rotatable bonds is 4. The first kappa shape index (κ1) is 14.1. The van der Waals surface area contributed by atoms with Gasteiger partial charge in [0.25, 0.3) is 0 Å². The molecule has 1 saturated heterocycles. The zero-order valence-corrected chi connectivity index (χ0v) is 12.0. The van der Waals surface area contributed by atoms with Crippen molar-refractivity contribution >= 4 is 23.4 Å². The van der Waals surface area contributed by atoms with Gasteiger partial charge in [-0.15, -0.1) is 0 Å². The molecule has 0 amide bonds. The largest absolute Gasteiger partial charge is 0.495 e. The molecule has 2 rings (SSSR count). The molecule has 1 heterocycles. The first-order chi connectivity index (χ1) is 9.10. The molecule has 2 N–H and O–H groups in total. The van der Waals surface area contributed by atoms with Crippen LogP contribution in [0.2, 0.25) is 0 Å². The lowest BCUT2D eigenvalue weighted by Crippen LogP contribution is -2.55. The van der Waals surface area contributed by atoms with Gasteiger partial charge in [-0.1, -0.05) is 19.1 Å². The SMILES string of the molecule is COc1ccccc1NC1(C(=O)O)CCCSC1C. The number of thioether (sulfide) groups is 1. The molecule has 19 heavy (non-hydrogen) atoms. The molecule has 1 aliphatic rings. The topological polar surface area (TPSA) is 58.6 Å². The highest BCUT2D eigenvalue weighted by Gasteiger charge is 2.46. The highest BCUT2D eigenvalue weighted by atomic mass is 32.2. The van der Waals surface area contributed by atoms with Crippen molar-refractivity contribution in [1.82, 2.24) is 0 Å². The molecule has 1 aromatic rings. The van der Waals surface area contributed by atoms with Crippen LogP contribution in [0.4, 0.5) is 5.69 Å². The van der Waals surface area contributed by atoms with E-state index >= 15 is 0 Å². The number of aliphatic carboxylic acids is 1. The molecule has 0 radical (unpaired) electrons. The molecule has 0 spiro atoms. The standard InChI is InChI=1S/C14H19NO3S/c1-10-14(13(16)17,8-5-9-19-10)15-11-6-3-4-7-12(11)18-2/h3-4,6-7,10,15H,5,8-9H2,1-2H3,(H,16,17). The molecule has 4 nitrogen and oxygen atoms in total. The summed E-state index contributed by atoms with van der Waals surface area (Å²) in [5, 5.41) is 12.9. The number of nitrogens with one attached hydrogen (secondary N) is 1. The van der Waals surface area contributed by atoms with Gasteiger partial charge >= 0.3 is 5.97 Å². The van der Waals surface area contributed by atoms with E-state index < -0.39 is 11.5 Å². The van der Waals surface area contributed by atoms with Crippen molar-refractivity contribution < 1.29 is 14.6 Å². The molecule has 0 bridgehead atoms. The van der Waals surface area contributed by atoms with E-state index in [0.29, 0.717) is 12.2 Å². The fraction of sp³-hybridized carbons (Fsp3) is 0.500. The number of hydrogen-bond donors (Lipinski definition) is 2. The first-order valence-corrected chi connectivity index (χ1v) is 7.41. The van der Waals surface area contributed by atoms with Crippen LogP contribution in [0.5, 0.6) is 5.75 Å². The van der Waals surface area contributed by atoms with E-state index in [2.05, 4.69) is 5.32 Å². The number of para-hydroxylation sites is 2. The van der Waals surface area contributed by atoms with Crippen LogP contribution in [0.1, 0.15) is 19.8 Å². The Kier molecular flexibility index (Phi) is 4.24. The van der Waals surface area contributed by atoms with E-state index in [9.17, 15) is 9.90 Å². The van der Waals surface area contributed by atoms with Gasteiger partial charge in [-0.05, 0) is 30.7 Å². The van der Waals surface area contributed by atoms with Gasteiger partial charge in [-0.2, -0.15) is 11.8 Å². The van der Waals surface area contributed by atoms with Gasteiger partial charge in [-0.3, -0.25) is 0 Å². The molecular weight excluding hydrogens is 262 g/mol. The smallest absolute Gasteiger partial charge is 0.330 e. The average Bonchev–Trinajstić information content (AvgIpc) is 2.41. The van der Waals surface area contributed by atoms with Crippen molar-refractivity contribution in [3.63, 3.8) is 0 Å². The Hall–Kier alpha value is -1.36. The van der Waals surface area contributed by atoms with E-state index in [4.69, 9.17) is 4.74 Å². The third-order valence-electron chi connectivity index (χ3n) is 3.62. The zero-order valence-electron chi connectivity index (χ0n) is 11.2. The Morgan fingerprint density at radius 1 is 1.53 bits per heavy atom. The third-order valence-corrected chi connectivity index (χ3v) is 5.05. The molecule has 104 valence electrons. The van der Waals surface area contributed by atoms with Crippen molar-refractivity contribution in [2.45, 2.75) is 30.6 Å². The predicted molar refractivity (Wildman–Crippen MR) is 78.1 cm³/mol. The van der Waals surface area contributed by atoms with Crippen LogP contribution in [-0.2, 0) is 4.79 Å². The van der Waals surface area contributed by atoms with Gasteiger partial charge < -0.3 is 15.2 Å². The number of methoxy groups -OCH3 is 1. The summed E-state index contributed by atoms with van der Waals surface area (Å²) in [4.78, 5) is 11.8. The van der Waals surface area contributed by atoms with Crippen LogP contribution in [0.25, 0.3) is 0 Å². The molecule has 1 fully saturated rings. The maximum atomic E-state index is 11.8. The molecule has 2 atom stereocenters. The lowest BCUT2D eigenvalue weighted by atomic mass is 9.89. The normalized spacial score (nSPS) is 26.7. The average molecular weight is 281 g/mol. The Labute approximate surface area is 117 Å². The Morgan fingerprint density at radius 2 is 2.26 bits per heavy atom.